The monoisotopic (exact) mass is 425 g/mol. The fourth-order valence-electron chi connectivity index (χ4n) is 4.16. The predicted molar refractivity (Wildman–Crippen MR) is 109 cm³/mol. The van der Waals surface area contributed by atoms with Crippen molar-refractivity contribution in [2.45, 2.75) is 38.3 Å². The Labute approximate surface area is 178 Å². The number of hydrogen-bond acceptors (Lipinski definition) is 6. The summed E-state index contributed by atoms with van der Waals surface area (Å²) >= 11 is 0. The maximum Gasteiger partial charge on any atom is 0.279 e. The second kappa shape index (κ2) is 8.16. The molecule has 162 valence electrons. The minimum absolute atomic E-state index is 0.0246. The molecule has 1 aromatic carbocycles. The number of amides is 2. The molecule has 0 unspecified atom stereocenters. The van der Waals surface area contributed by atoms with E-state index in [1.54, 1.807) is 0 Å². The van der Waals surface area contributed by atoms with Crippen molar-refractivity contribution in [2.24, 2.45) is 0 Å². The number of nitrogens with zero attached hydrogens (tertiary/aromatic N) is 3. The average molecular weight is 425 g/mol. The van der Waals surface area contributed by atoms with Crippen LogP contribution in [0.5, 0.6) is 5.75 Å². The van der Waals surface area contributed by atoms with E-state index < -0.39 is 23.8 Å². The van der Waals surface area contributed by atoms with Gasteiger partial charge in [-0.15, -0.1) is 0 Å². The molecule has 0 bridgehead atoms. The van der Waals surface area contributed by atoms with Crippen LogP contribution in [0, 0.1) is 0 Å². The first-order valence-corrected chi connectivity index (χ1v) is 10.4. The Hall–Kier alpha value is -3.17. The third-order valence-corrected chi connectivity index (χ3v) is 5.67. The molecule has 3 aliphatic rings. The van der Waals surface area contributed by atoms with E-state index in [-0.39, 0.29) is 24.0 Å². The second-order valence-corrected chi connectivity index (χ2v) is 7.71. The molecule has 9 heteroatoms. The Morgan fingerprint density at radius 1 is 1.06 bits per heavy atom. The van der Waals surface area contributed by atoms with Gasteiger partial charge in [-0.1, -0.05) is 30.3 Å². The number of fused-ring (bicyclic) bond motifs is 2. The molecule has 2 atom stereocenters. The molecule has 2 amide bonds. The Morgan fingerprint density at radius 3 is 2.65 bits per heavy atom. The summed E-state index contributed by atoms with van der Waals surface area (Å²) in [7, 11) is 0. The molecule has 4 heterocycles. The topological polar surface area (TPSA) is 90.3 Å². The highest BCUT2D eigenvalue weighted by molar-refractivity contribution is 6.00. The lowest BCUT2D eigenvalue weighted by molar-refractivity contribution is -0.143. The number of carbonyl (C=O) groups excluding carboxylic acids is 2. The van der Waals surface area contributed by atoms with E-state index in [1.165, 1.54) is 26.8 Å². The molecule has 3 aliphatic heterocycles. The van der Waals surface area contributed by atoms with Crippen molar-refractivity contribution < 1.29 is 23.8 Å². The van der Waals surface area contributed by atoms with E-state index in [0.29, 0.717) is 32.6 Å². The van der Waals surface area contributed by atoms with Crippen LogP contribution in [-0.2, 0) is 20.9 Å². The predicted octanol–water partition coefficient (Wildman–Crippen LogP) is 1.23. The maximum atomic E-state index is 13.4. The molecule has 0 aliphatic carbocycles. The lowest BCUT2D eigenvalue weighted by atomic mass is 10.2. The molecule has 0 spiro atoms. The number of hydrogen-bond donors (Lipinski definition) is 0. The maximum absolute atomic E-state index is 13.4. The van der Waals surface area contributed by atoms with Crippen molar-refractivity contribution in [2.75, 3.05) is 24.8 Å². The number of rotatable bonds is 4. The second-order valence-electron chi connectivity index (χ2n) is 7.71. The minimum atomic E-state index is -0.880. The molecule has 2 saturated heterocycles. The van der Waals surface area contributed by atoms with E-state index >= 15 is 0 Å². The zero-order chi connectivity index (χ0) is 21.4. The van der Waals surface area contributed by atoms with Gasteiger partial charge in [0, 0.05) is 25.4 Å². The van der Waals surface area contributed by atoms with Crippen LogP contribution >= 0.6 is 0 Å². The molecule has 5 rings (SSSR count). The zero-order valence-electron chi connectivity index (χ0n) is 16.9. The van der Waals surface area contributed by atoms with E-state index in [1.807, 2.05) is 30.3 Å². The Kier molecular flexibility index (Phi) is 5.21. The normalized spacial score (nSPS) is 22.8. The lowest BCUT2D eigenvalue weighted by Gasteiger charge is -2.47. The summed E-state index contributed by atoms with van der Waals surface area (Å²) in [6.45, 7) is 1.48. The molecule has 31 heavy (non-hydrogen) atoms. The van der Waals surface area contributed by atoms with Crippen LogP contribution in [0.3, 0.4) is 0 Å². The highest BCUT2D eigenvalue weighted by Gasteiger charge is 2.46. The lowest BCUT2D eigenvalue weighted by Crippen LogP contribution is -2.67. The first-order valence-electron chi connectivity index (χ1n) is 10.4. The standard InChI is InChI=1S/C22H23N3O6/c26-16-9-11-24-18(19(16)31-14-15-6-2-1-3-7-15)21(28)23-10-5-13-30-22(23)25(24)20(27)17-8-4-12-29-17/h1-3,6-7,9,11,17,22H,4-5,8,10,12-14H2/t17-,22+/m1/s1. The fraction of sp³-hybridized carbons (Fsp3) is 0.409. The summed E-state index contributed by atoms with van der Waals surface area (Å²) in [5.74, 6) is -0.784. The summed E-state index contributed by atoms with van der Waals surface area (Å²) < 4.78 is 18.6. The molecule has 1 aromatic heterocycles. The van der Waals surface area contributed by atoms with Gasteiger partial charge in [0.05, 0.1) is 6.61 Å². The molecule has 0 radical (unpaired) electrons. The van der Waals surface area contributed by atoms with Crippen molar-refractivity contribution >= 4 is 11.8 Å². The van der Waals surface area contributed by atoms with E-state index in [2.05, 4.69) is 0 Å². The number of pyridine rings is 1. The van der Waals surface area contributed by atoms with Gasteiger partial charge in [-0.3, -0.25) is 19.3 Å². The van der Waals surface area contributed by atoms with Gasteiger partial charge in [0.25, 0.3) is 11.8 Å². The molecule has 2 fully saturated rings. The highest BCUT2D eigenvalue weighted by Crippen LogP contribution is 2.29. The smallest absolute Gasteiger partial charge is 0.279 e. The molecule has 9 nitrogen and oxygen atoms in total. The molecule has 2 aromatic rings. The van der Waals surface area contributed by atoms with E-state index in [0.717, 1.165) is 12.0 Å². The first kappa shape index (κ1) is 19.8. The van der Waals surface area contributed by atoms with Crippen molar-refractivity contribution in [3.63, 3.8) is 0 Å². The molecule has 0 N–H and O–H groups in total. The van der Waals surface area contributed by atoms with Crippen LogP contribution in [0.1, 0.15) is 35.3 Å². The average Bonchev–Trinajstić information content (AvgIpc) is 3.34. The molecular formula is C22H23N3O6. The number of carbonyl (C=O) groups is 2. The van der Waals surface area contributed by atoms with Gasteiger partial charge in [0.2, 0.25) is 11.8 Å². The zero-order valence-corrected chi connectivity index (χ0v) is 16.9. The van der Waals surface area contributed by atoms with Gasteiger partial charge in [-0.2, -0.15) is 5.01 Å². The Bertz CT molecular complexity index is 1050. The summed E-state index contributed by atoms with van der Waals surface area (Å²) in [5, 5.41) is 1.38. The van der Waals surface area contributed by atoms with Gasteiger partial charge in [-0.05, 0) is 24.8 Å². The van der Waals surface area contributed by atoms with Crippen LogP contribution in [0.25, 0.3) is 0 Å². The van der Waals surface area contributed by atoms with Crippen molar-refractivity contribution in [1.29, 1.82) is 0 Å². The van der Waals surface area contributed by atoms with Crippen LogP contribution in [-0.4, -0.2) is 53.6 Å². The fourth-order valence-corrected chi connectivity index (χ4v) is 4.16. The van der Waals surface area contributed by atoms with Crippen molar-refractivity contribution in [3.8, 4) is 5.75 Å². The highest BCUT2D eigenvalue weighted by atomic mass is 16.5. The summed E-state index contributed by atoms with van der Waals surface area (Å²) in [5.41, 5.74) is 0.465. The quantitative estimate of drug-likeness (QED) is 0.732. The van der Waals surface area contributed by atoms with Crippen molar-refractivity contribution in [1.82, 2.24) is 9.58 Å². The van der Waals surface area contributed by atoms with E-state index in [9.17, 15) is 14.4 Å². The summed E-state index contributed by atoms with van der Waals surface area (Å²) in [4.78, 5) is 40.9. The van der Waals surface area contributed by atoms with Crippen molar-refractivity contribution in [3.05, 3.63) is 64.1 Å². The van der Waals surface area contributed by atoms with Gasteiger partial charge in [0.15, 0.2) is 11.4 Å². The van der Waals surface area contributed by atoms with Crippen LogP contribution < -0.4 is 15.2 Å². The van der Waals surface area contributed by atoms with Gasteiger partial charge in [0.1, 0.15) is 12.7 Å². The van der Waals surface area contributed by atoms with Crippen LogP contribution in [0.15, 0.2) is 47.4 Å². The number of aromatic nitrogens is 1. The largest absolute Gasteiger partial charge is 0.482 e. The van der Waals surface area contributed by atoms with Gasteiger partial charge in [-0.25, -0.2) is 4.68 Å². The Morgan fingerprint density at radius 2 is 1.87 bits per heavy atom. The molecular weight excluding hydrogens is 402 g/mol. The third-order valence-electron chi connectivity index (χ3n) is 5.67. The van der Waals surface area contributed by atoms with Gasteiger partial charge < -0.3 is 14.2 Å². The van der Waals surface area contributed by atoms with Crippen LogP contribution in [0.2, 0.25) is 0 Å². The number of ether oxygens (including phenoxy) is 3. The minimum Gasteiger partial charge on any atom is -0.482 e. The SMILES string of the molecule is O=C1c2c(OCc3ccccc3)c(=O)ccn2N(C(=O)[C@H]2CCCO2)[C@H]2OCCCN12. The summed E-state index contributed by atoms with van der Waals surface area (Å²) in [6, 6.07) is 10.7. The number of benzene rings is 1. The first-order chi connectivity index (χ1) is 15.1. The Balaban J connectivity index is 1.57. The van der Waals surface area contributed by atoms with Crippen LogP contribution in [0.4, 0.5) is 0 Å². The van der Waals surface area contributed by atoms with E-state index in [4.69, 9.17) is 14.2 Å². The molecule has 0 saturated carbocycles. The summed E-state index contributed by atoms with van der Waals surface area (Å²) in [6.07, 6.45) is 1.97. The van der Waals surface area contributed by atoms with Gasteiger partial charge >= 0.3 is 0 Å². The third kappa shape index (κ3) is 3.49.